The van der Waals surface area contributed by atoms with Crippen molar-refractivity contribution in [1.29, 1.82) is 0 Å². The average molecular weight is 271 g/mol. The Morgan fingerprint density at radius 2 is 2.10 bits per heavy atom. The minimum Gasteiger partial charge on any atom is -0.478 e. The van der Waals surface area contributed by atoms with Gasteiger partial charge in [0.05, 0.1) is 6.61 Å². The fraction of sp³-hybridized carbons (Fsp3) is 0.267. The Labute approximate surface area is 118 Å². The summed E-state index contributed by atoms with van der Waals surface area (Å²) >= 11 is 0. The average Bonchev–Trinajstić information content (AvgIpc) is 2.40. The first-order valence-electron chi connectivity index (χ1n) is 6.45. The van der Waals surface area contributed by atoms with Gasteiger partial charge in [-0.2, -0.15) is 0 Å². The highest BCUT2D eigenvalue weighted by Crippen LogP contribution is 2.30. The third-order valence-electron chi connectivity index (χ3n) is 2.73. The summed E-state index contributed by atoms with van der Waals surface area (Å²) in [6.07, 6.45) is 1.70. The molecule has 0 aromatic carbocycles. The van der Waals surface area contributed by atoms with Gasteiger partial charge in [-0.3, -0.25) is 4.79 Å². The lowest BCUT2D eigenvalue weighted by Gasteiger charge is -2.11. The topological polar surface area (TPSA) is 64.1 Å². The fourth-order valence-electron chi connectivity index (χ4n) is 1.94. The first-order valence-corrected chi connectivity index (χ1v) is 6.45. The van der Waals surface area contributed by atoms with E-state index in [1.165, 1.54) is 6.92 Å². The maximum absolute atomic E-state index is 11.0. The molecule has 0 unspecified atom stereocenters. The fourth-order valence-corrected chi connectivity index (χ4v) is 1.94. The standard InChI is InChI=1S/C15H17N3O2/c1-4-20-15-13(6-5-9-16-15)12-7-8-14(17-10(12)2)18-11(3)19/h5-9H,4H2,1-3H3,(H,17,18,19). The van der Waals surface area contributed by atoms with Crippen molar-refractivity contribution < 1.29 is 9.53 Å². The van der Waals surface area contributed by atoms with E-state index in [4.69, 9.17) is 4.74 Å². The number of hydrogen-bond acceptors (Lipinski definition) is 4. The second kappa shape index (κ2) is 6.14. The summed E-state index contributed by atoms with van der Waals surface area (Å²) in [5, 5.41) is 2.67. The van der Waals surface area contributed by atoms with Crippen LogP contribution in [0, 0.1) is 6.92 Å². The van der Waals surface area contributed by atoms with E-state index >= 15 is 0 Å². The van der Waals surface area contributed by atoms with E-state index in [2.05, 4.69) is 15.3 Å². The van der Waals surface area contributed by atoms with Crippen molar-refractivity contribution in [2.75, 3.05) is 11.9 Å². The number of aryl methyl sites for hydroxylation is 1. The van der Waals surface area contributed by atoms with Crippen LogP contribution >= 0.6 is 0 Å². The van der Waals surface area contributed by atoms with E-state index in [0.29, 0.717) is 18.3 Å². The zero-order chi connectivity index (χ0) is 14.5. The number of carbonyl (C=O) groups is 1. The molecule has 0 saturated carbocycles. The Bertz CT molecular complexity index is 626. The molecule has 0 atom stereocenters. The third kappa shape index (κ3) is 3.12. The quantitative estimate of drug-likeness (QED) is 0.928. The molecule has 5 heteroatoms. The zero-order valence-electron chi connectivity index (χ0n) is 11.8. The second-order valence-electron chi connectivity index (χ2n) is 4.30. The molecule has 0 aliphatic carbocycles. The summed E-state index contributed by atoms with van der Waals surface area (Å²) in [4.78, 5) is 19.7. The minimum atomic E-state index is -0.138. The van der Waals surface area contributed by atoms with Crippen LogP contribution in [-0.2, 0) is 4.79 Å². The number of rotatable bonds is 4. The van der Waals surface area contributed by atoms with Gasteiger partial charge < -0.3 is 10.1 Å². The molecule has 0 aliphatic rings. The molecule has 0 fully saturated rings. The van der Waals surface area contributed by atoms with Crippen LogP contribution in [0.15, 0.2) is 30.5 Å². The Morgan fingerprint density at radius 3 is 2.75 bits per heavy atom. The lowest BCUT2D eigenvalue weighted by atomic mass is 10.1. The molecule has 5 nitrogen and oxygen atoms in total. The number of hydrogen-bond donors (Lipinski definition) is 1. The van der Waals surface area contributed by atoms with Crippen LogP contribution in [0.3, 0.4) is 0 Å². The maximum Gasteiger partial charge on any atom is 0.222 e. The molecule has 2 heterocycles. The zero-order valence-corrected chi connectivity index (χ0v) is 11.8. The predicted octanol–water partition coefficient (Wildman–Crippen LogP) is 2.81. The van der Waals surface area contributed by atoms with Crippen LogP contribution in [0.4, 0.5) is 5.82 Å². The summed E-state index contributed by atoms with van der Waals surface area (Å²) in [7, 11) is 0. The molecule has 104 valence electrons. The lowest BCUT2D eigenvalue weighted by Crippen LogP contribution is -2.08. The molecule has 0 radical (unpaired) electrons. The van der Waals surface area contributed by atoms with E-state index in [1.54, 1.807) is 12.3 Å². The van der Waals surface area contributed by atoms with Crippen LogP contribution in [0.2, 0.25) is 0 Å². The number of nitrogens with zero attached hydrogens (tertiary/aromatic N) is 2. The summed E-state index contributed by atoms with van der Waals surface area (Å²) in [6, 6.07) is 7.48. The summed E-state index contributed by atoms with van der Waals surface area (Å²) in [5.41, 5.74) is 2.65. The van der Waals surface area contributed by atoms with Gasteiger partial charge in [0, 0.05) is 29.9 Å². The molecule has 0 bridgehead atoms. The molecule has 1 N–H and O–H groups in total. The Kier molecular flexibility index (Phi) is 4.30. The molecular formula is C15H17N3O2. The number of nitrogens with one attached hydrogen (secondary N) is 1. The smallest absolute Gasteiger partial charge is 0.222 e. The normalized spacial score (nSPS) is 10.2. The van der Waals surface area contributed by atoms with Crippen LogP contribution < -0.4 is 10.1 Å². The molecule has 2 aromatic heterocycles. The van der Waals surface area contributed by atoms with Crippen LogP contribution in [0.1, 0.15) is 19.5 Å². The van der Waals surface area contributed by atoms with Gasteiger partial charge in [-0.1, -0.05) is 0 Å². The van der Waals surface area contributed by atoms with Gasteiger partial charge in [-0.15, -0.1) is 0 Å². The minimum absolute atomic E-state index is 0.138. The van der Waals surface area contributed by atoms with Crippen molar-refractivity contribution in [2.45, 2.75) is 20.8 Å². The number of carbonyl (C=O) groups excluding carboxylic acids is 1. The molecular weight excluding hydrogens is 254 g/mol. The van der Waals surface area contributed by atoms with Crippen molar-refractivity contribution in [3.8, 4) is 17.0 Å². The van der Waals surface area contributed by atoms with Gasteiger partial charge in [-0.05, 0) is 38.1 Å². The first kappa shape index (κ1) is 14.0. The van der Waals surface area contributed by atoms with Crippen LogP contribution in [0.5, 0.6) is 5.88 Å². The van der Waals surface area contributed by atoms with Gasteiger partial charge >= 0.3 is 0 Å². The summed E-state index contributed by atoms with van der Waals surface area (Å²) in [6.45, 7) is 5.83. The van der Waals surface area contributed by atoms with Crippen molar-refractivity contribution in [3.05, 3.63) is 36.2 Å². The highest BCUT2D eigenvalue weighted by molar-refractivity contribution is 5.88. The summed E-state index contributed by atoms with van der Waals surface area (Å²) < 4.78 is 5.53. The van der Waals surface area contributed by atoms with E-state index < -0.39 is 0 Å². The molecule has 2 rings (SSSR count). The van der Waals surface area contributed by atoms with E-state index in [-0.39, 0.29) is 5.91 Å². The Morgan fingerprint density at radius 1 is 1.30 bits per heavy atom. The molecule has 20 heavy (non-hydrogen) atoms. The lowest BCUT2D eigenvalue weighted by molar-refractivity contribution is -0.114. The third-order valence-corrected chi connectivity index (χ3v) is 2.73. The van der Waals surface area contributed by atoms with Crippen molar-refractivity contribution >= 4 is 11.7 Å². The van der Waals surface area contributed by atoms with Crippen molar-refractivity contribution in [1.82, 2.24) is 9.97 Å². The Balaban J connectivity index is 2.40. The van der Waals surface area contributed by atoms with Gasteiger partial charge in [0.2, 0.25) is 11.8 Å². The van der Waals surface area contributed by atoms with Gasteiger partial charge in [-0.25, -0.2) is 9.97 Å². The highest BCUT2D eigenvalue weighted by Gasteiger charge is 2.11. The van der Waals surface area contributed by atoms with E-state index in [0.717, 1.165) is 16.8 Å². The number of aromatic nitrogens is 2. The number of amides is 1. The number of ether oxygens (including phenoxy) is 1. The molecule has 2 aromatic rings. The van der Waals surface area contributed by atoms with E-state index in [1.807, 2.05) is 32.0 Å². The van der Waals surface area contributed by atoms with Crippen LogP contribution in [-0.4, -0.2) is 22.5 Å². The number of anilines is 1. The largest absolute Gasteiger partial charge is 0.478 e. The number of pyridine rings is 2. The van der Waals surface area contributed by atoms with Crippen molar-refractivity contribution in [3.63, 3.8) is 0 Å². The molecule has 0 saturated heterocycles. The molecule has 0 spiro atoms. The van der Waals surface area contributed by atoms with Crippen molar-refractivity contribution in [2.24, 2.45) is 0 Å². The molecule has 1 amide bonds. The van der Waals surface area contributed by atoms with Gasteiger partial charge in [0.15, 0.2) is 0 Å². The second-order valence-corrected chi connectivity index (χ2v) is 4.30. The highest BCUT2D eigenvalue weighted by atomic mass is 16.5. The van der Waals surface area contributed by atoms with E-state index in [9.17, 15) is 4.79 Å². The maximum atomic E-state index is 11.0. The molecule has 0 aliphatic heterocycles. The van der Waals surface area contributed by atoms with Crippen LogP contribution in [0.25, 0.3) is 11.1 Å². The summed E-state index contributed by atoms with van der Waals surface area (Å²) in [5.74, 6) is 0.994. The van der Waals surface area contributed by atoms with Gasteiger partial charge in [0.25, 0.3) is 0 Å². The SMILES string of the molecule is CCOc1ncccc1-c1ccc(NC(C)=O)nc1C. The Hall–Kier alpha value is -2.43. The first-order chi connectivity index (χ1) is 9.61. The predicted molar refractivity (Wildman–Crippen MR) is 77.7 cm³/mol. The van der Waals surface area contributed by atoms with Gasteiger partial charge in [0.1, 0.15) is 5.82 Å². The monoisotopic (exact) mass is 271 g/mol.